The number of hydrazone groups is 1. The van der Waals surface area contributed by atoms with Gasteiger partial charge in [-0.2, -0.15) is 5.10 Å². The molecule has 0 spiro atoms. The molecule has 0 unspecified atom stereocenters. The molecule has 4 nitrogen and oxygen atoms in total. The highest BCUT2D eigenvalue weighted by Crippen LogP contribution is 2.18. The van der Waals surface area contributed by atoms with E-state index in [-0.39, 0.29) is 0 Å². The van der Waals surface area contributed by atoms with E-state index in [1.807, 2.05) is 78.9 Å². The van der Waals surface area contributed by atoms with Gasteiger partial charge in [-0.25, -0.2) is 0 Å². The van der Waals surface area contributed by atoms with Gasteiger partial charge in [0.15, 0.2) is 5.11 Å². The van der Waals surface area contributed by atoms with Crippen molar-refractivity contribution in [2.75, 3.05) is 5.32 Å². The molecule has 0 saturated carbocycles. The van der Waals surface area contributed by atoms with Crippen LogP contribution in [0.4, 0.5) is 5.69 Å². The van der Waals surface area contributed by atoms with E-state index >= 15 is 0 Å². The van der Waals surface area contributed by atoms with Crippen molar-refractivity contribution in [2.24, 2.45) is 5.10 Å². The van der Waals surface area contributed by atoms with E-state index < -0.39 is 0 Å². The molecular weight excluding hydrogens is 422 g/mol. The first-order chi connectivity index (χ1) is 13.2. The van der Waals surface area contributed by atoms with Crippen LogP contribution < -0.4 is 15.5 Å². The van der Waals surface area contributed by atoms with E-state index in [0.29, 0.717) is 11.7 Å². The van der Waals surface area contributed by atoms with Gasteiger partial charge in [0, 0.05) is 15.7 Å². The molecule has 6 heteroatoms. The normalized spacial score (nSPS) is 10.6. The van der Waals surface area contributed by atoms with Gasteiger partial charge in [-0.15, -0.1) is 0 Å². The summed E-state index contributed by atoms with van der Waals surface area (Å²) in [6.07, 6.45) is 1.69. The summed E-state index contributed by atoms with van der Waals surface area (Å²) in [5, 5.41) is 7.69. The molecule has 27 heavy (non-hydrogen) atoms. The molecule has 0 heterocycles. The number of halogens is 1. The number of nitrogens with zero attached hydrogens (tertiary/aromatic N) is 1. The molecule has 3 aromatic carbocycles. The summed E-state index contributed by atoms with van der Waals surface area (Å²) in [6.45, 7) is 0.486. The third kappa shape index (κ3) is 6.20. The van der Waals surface area contributed by atoms with Gasteiger partial charge in [-0.3, -0.25) is 5.43 Å². The zero-order chi connectivity index (χ0) is 18.9. The molecule has 0 amide bonds. The standard InChI is InChI=1S/C21H18BrN3OS/c22-18-12-10-16(11-13-18)15-26-20-9-5-4-6-17(20)14-23-25-21(27)24-19-7-2-1-3-8-19/h1-14H,15H2,(H2,24,25,27)/b23-14+. The van der Waals surface area contributed by atoms with Crippen molar-refractivity contribution in [3.05, 3.63) is 94.5 Å². The Hall–Kier alpha value is -2.70. The molecular formula is C21H18BrN3OS. The van der Waals surface area contributed by atoms with Crippen LogP contribution >= 0.6 is 28.1 Å². The van der Waals surface area contributed by atoms with Crippen LogP contribution in [0.15, 0.2) is 88.4 Å². The summed E-state index contributed by atoms with van der Waals surface area (Å²) in [7, 11) is 0. The molecule has 0 aromatic heterocycles. The van der Waals surface area contributed by atoms with Gasteiger partial charge in [0.2, 0.25) is 0 Å². The highest BCUT2D eigenvalue weighted by molar-refractivity contribution is 9.10. The second-order valence-electron chi connectivity index (χ2n) is 5.64. The van der Waals surface area contributed by atoms with Crippen molar-refractivity contribution in [3.63, 3.8) is 0 Å². The zero-order valence-corrected chi connectivity index (χ0v) is 16.8. The van der Waals surface area contributed by atoms with Crippen molar-refractivity contribution in [1.29, 1.82) is 0 Å². The van der Waals surface area contributed by atoms with Gasteiger partial charge in [0.05, 0.1) is 6.21 Å². The lowest BCUT2D eigenvalue weighted by Gasteiger charge is -2.09. The molecule has 2 N–H and O–H groups in total. The lowest BCUT2D eigenvalue weighted by Crippen LogP contribution is -2.23. The number of anilines is 1. The van der Waals surface area contributed by atoms with Crippen molar-refractivity contribution in [3.8, 4) is 5.75 Å². The third-order valence-electron chi connectivity index (χ3n) is 3.63. The Kier molecular flexibility index (Phi) is 6.96. The first-order valence-electron chi connectivity index (χ1n) is 8.32. The van der Waals surface area contributed by atoms with Crippen LogP contribution in [0.1, 0.15) is 11.1 Å². The van der Waals surface area contributed by atoms with Gasteiger partial charge in [-0.05, 0) is 54.2 Å². The second kappa shape index (κ2) is 9.85. The number of rotatable bonds is 6. The molecule has 0 radical (unpaired) electrons. The number of para-hydroxylation sites is 2. The SMILES string of the molecule is S=C(N/N=C/c1ccccc1OCc1ccc(Br)cc1)Nc1ccccc1. The van der Waals surface area contributed by atoms with Crippen LogP contribution in [0, 0.1) is 0 Å². The van der Waals surface area contributed by atoms with Crippen molar-refractivity contribution < 1.29 is 4.74 Å². The quantitative estimate of drug-likeness (QED) is 0.308. The molecule has 136 valence electrons. The minimum absolute atomic E-state index is 0.422. The number of ether oxygens (including phenoxy) is 1. The summed E-state index contributed by atoms with van der Waals surface area (Å²) in [5.41, 5.74) is 5.68. The molecule has 3 rings (SSSR count). The van der Waals surface area contributed by atoms with E-state index in [9.17, 15) is 0 Å². The van der Waals surface area contributed by atoms with E-state index in [1.165, 1.54) is 0 Å². The smallest absolute Gasteiger partial charge is 0.191 e. The third-order valence-corrected chi connectivity index (χ3v) is 4.35. The van der Waals surface area contributed by atoms with Crippen LogP contribution in [-0.2, 0) is 6.61 Å². The Morgan fingerprint density at radius 2 is 1.67 bits per heavy atom. The first-order valence-corrected chi connectivity index (χ1v) is 9.52. The number of hydrogen-bond acceptors (Lipinski definition) is 3. The second-order valence-corrected chi connectivity index (χ2v) is 6.97. The maximum absolute atomic E-state index is 5.93. The molecule has 0 atom stereocenters. The summed E-state index contributed by atoms with van der Waals surface area (Å²) in [5.74, 6) is 0.757. The number of hydrogen-bond donors (Lipinski definition) is 2. The van der Waals surface area contributed by atoms with E-state index in [4.69, 9.17) is 17.0 Å². The first kappa shape index (κ1) is 19.1. The molecule has 0 saturated heterocycles. The van der Waals surface area contributed by atoms with E-state index in [0.717, 1.165) is 27.0 Å². The lowest BCUT2D eigenvalue weighted by molar-refractivity contribution is 0.306. The Labute approximate surface area is 172 Å². The van der Waals surface area contributed by atoms with Crippen LogP contribution in [0.5, 0.6) is 5.75 Å². The summed E-state index contributed by atoms with van der Waals surface area (Å²) in [6, 6.07) is 25.5. The van der Waals surface area contributed by atoms with Gasteiger partial charge >= 0.3 is 0 Å². The molecule has 0 bridgehead atoms. The average Bonchev–Trinajstić information content (AvgIpc) is 2.69. The van der Waals surface area contributed by atoms with E-state index in [2.05, 4.69) is 31.8 Å². The minimum atomic E-state index is 0.422. The van der Waals surface area contributed by atoms with Crippen molar-refractivity contribution in [1.82, 2.24) is 5.43 Å². The maximum atomic E-state index is 5.93. The van der Waals surface area contributed by atoms with Gasteiger partial charge in [0.1, 0.15) is 12.4 Å². The maximum Gasteiger partial charge on any atom is 0.191 e. The molecule has 3 aromatic rings. The summed E-state index contributed by atoms with van der Waals surface area (Å²) < 4.78 is 6.98. The average molecular weight is 440 g/mol. The fourth-order valence-corrected chi connectivity index (χ4v) is 2.74. The van der Waals surface area contributed by atoms with Crippen molar-refractivity contribution in [2.45, 2.75) is 6.61 Å². The van der Waals surface area contributed by atoms with Crippen LogP contribution in [0.3, 0.4) is 0 Å². The van der Waals surface area contributed by atoms with Crippen LogP contribution in [0.25, 0.3) is 0 Å². The predicted molar refractivity (Wildman–Crippen MR) is 118 cm³/mol. The van der Waals surface area contributed by atoms with Crippen LogP contribution in [-0.4, -0.2) is 11.3 Å². The minimum Gasteiger partial charge on any atom is -0.488 e. The fourth-order valence-electron chi connectivity index (χ4n) is 2.30. The highest BCUT2D eigenvalue weighted by atomic mass is 79.9. The Bertz CT molecular complexity index is 914. The molecule has 0 fully saturated rings. The fraction of sp³-hybridized carbons (Fsp3) is 0.0476. The van der Waals surface area contributed by atoms with Gasteiger partial charge < -0.3 is 10.1 Å². The van der Waals surface area contributed by atoms with Crippen molar-refractivity contribution >= 4 is 45.2 Å². The monoisotopic (exact) mass is 439 g/mol. The largest absolute Gasteiger partial charge is 0.488 e. The summed E-state index contributed by atoms with van der Waals surface area (Å²) >= 11 is 8.67. The number of nitrogens with one attached hydrogen (secondary N) is 2. The predicted octanol–water partition coefficient (Wildman–Crippen LogP) is 5.35. The van der Waals surface area contributed by atoms with Crippen LogP contribution in [0.2, 0.25) is 0 Å². The number of thiocarbonyl (C=S) groups is 1. The van der Waals surface area contributed by atoms with E-state index in [1.54, 1.807) is 6.21 Å². The van der Waals surface area contributed by atoms with Gasteiger partial charge in [0.25, 0.3) is 0 Å². The molecule has 0 aliphatic carbocycles. The Morgan fingerprint density at radius 1 is 0.963 bits per heavy atom. The molecule has 0 aliphatic heterocycles. The number of benzene rings is 3. The molecule has 0 aliphatic rings. The summed E-state index contributed by atoms with van der Waals surface area (Å²) in [4.78, 5) is 0. The van der Waals surface area contributed by atoms with Gasteiger partial charge in [-0.1, -0.05) is 58.4 Å². The highest BCUT2D eigenvalue weighted by Gasteiger charge is 2.02. The topological polar surface area (TPSA) is 45.7 Å². The zero-order valence-electron chi connectivity index (χ0n) is 14.4. The lowest BCUT2D eigenvalue weighted by atomic mass is 10.2. The Morgan fingerprint density at radius 3 is 2.44 bits per heavy atom. The Balaban J connectivity index is 1.57.